The zero-order valence-electron chi connectivity index (χ0n) is 9.63. The molecule has 3 heteroatoms. The monoisotopic (exact) mass is 204 g/mol. The van der Waals surface area contributed by atoms with Crippen molar-refractivity contribution >= 4 is 8.32 Å². The molecule has 0 saturated heterocycles. The van der Waals surface area contributed by atoms with Crippen LogP contribution in [0.15, 0.2) is 0 Å². The van der Waals surface area contributed by atoms with Crippen LogP contribution < -0.4 is 0 Å². The van der Waals surface area contributed by atoms with Crippen molar-refractivity contribution < 1.29 is 9.53 Å². The zero-order chi connectivity index (χ0) is 10.5. The van der Waals surface area contributed by atoms with Crippen LogP contribution in [-0.4, -0.2) is 26.8 Å². The van der Waals surface area contributed by atoms with Crippen LogP contribution in [-0.2, 0) is 4.43 Å². The fourth-order valence-electron chi connectivity index (χ4n) is 1.93. The van der Waals surface area contributed by atoms with E-state index >= 15 is 0 Å². The van der Waals surface area contributed by atoms with Gasteiger partial charge in [-0.25, -0.2) is 0 Å². The molecular formula is C10H24O2Si. The highest BCUT2D eigenvalue weighted by atomic mass is 28.4. The summed E-state index contributed by atoms with van der Waals surface area (Å²) in [6, 6.07) is 2.14. The first-order chi connectivity index (χ1) is 5.95. The number of aliphatic hydroxyl groups excluding tert-OH is 1. The lowest BCUT2D eigenvalue weighted by Crippen LogP contribution is -2.44. The molecule has 0 amide bonds. The van der Waals surface area contributed by atoms with E-state index in [1.807, 2.05) is 0 Å². The molecule has 0 aromatic rings. The molecule has 0 rings (SSSR count). The Morgan fingerprint density at radius 2 is 1.46 bits per heavy atom. The van der Waals surface area contributed by atoms with E-state index in [-0.39, 0.29) is 6.23 Å². The van der Waals surface area contributed by atoms with Gasteiger partial charge in [-0.15, -0.1) is 0 Å². The number of hydrogen-bond acceptors (Lipinski definition) is 2. The Morgan fingerprint density at radius 1 is 1.08 bits per heavy atom. The zero-order valence-corrected chi connectivity index (χ0v) is 10.6. The third-order valence-corrected chi connectivity index (χ3v) is 6.85. The summed E-state index contributed by atoms with van der Waals surface area (Å²) in [5.41, 5.74) is 0. The van der Waals surface area contributed by atoms with Gasteiger partial charge >= 0.3 is 0 Å². The third-order valence-electron chi connectivity index (χ3n) is 2.28. The van der Waals surface area contributed by atoms with Crippen LogP contribution >= 0.6 is 0 Å². The average Bonchev–Trinajstić information content (AvgIpc) is 2.01. The van der Waals surface area contributed by atoms with Gasteiger partial charge in [0.1, 0.15) is 0 Å². The summed E-state index contributed by atoms with van der Waals surface area (Å²) in [7, 11) is -0.0569. The van der Waals surface area contributed by atoms with Gasteiger partial charge in [0, 0.05) is 7.11 Å². The normalized spacial score (nSPS) is 12.9. The fourth-order valence-corrected chi connectivity index (χ4v) is 5.80. The Morgan fingerprint density at radius 3 is 1.62 bits per heavy atom. The van der Waals surface area contributed by atoms with Crippen molar-refractivity contribution in [2.75, 3.05) is 13.3 Å². The smallest absolute Gasteiger partial charge is 0.217 e. The molecule has 0 aliphatic heterocycles. The largest absolute Gasteiger partial charge is 0.418 e. The molecule has 0 aliphatic rings. The van der Waals surface area contributed by atoms with Crippen molar-refractivity contribution in [3.05, 3.63) is 0 Å². The van der Waals surface area contributed by atoms with Gasteiger partial charge in [-0.05, 0) is 23.9 Å². The number of aliphatic hydroxyl groups is 1. The molecule has 0 saturated carbocycles. The van der Waals surface area contributed by atoms with E-state index in [9.17, 15) is 5.11 Å². The van der Waals surface area contributed by atoms with E-state index in [4.69, 9.17) is 4.43 Å². The Labute approximate surface area is 83.4 Å². The lowest BCUT2D eigenvalue weighted by atomic mass is 10.3. The van der Waals surface area contributed by atoms with Gasteiger partial charge in [-0.2, -0.15) is 0 Å². The van der Waals surface area contributed by atoms with Gasteiger partial charge in [0.2, 0.25) is 8.32 Å². The number of rotatable bonds is 6. The Kier molecular flexibility index (Phi) is 5.84. The molecule has 0 atom stereocenters. The molecule has 1 N–H and O–H groups in total. The fraction of sp³-hybridized carbons (Fsp3) is 1.00. The van der Waals surface area contributed by atoms with Crippen LogP contribution in [0.4, 0.5) is 0 Å². The Hall–Kier alpha value is 0.137. The lowest BCUT2D eigenvalue weighted by Gasteiger charge is -2.30. The summed E-state index contributed by atoms with van der Waals surface area (Å²) in [6.07, 6.45) is 0.264. The van der Waals surface area contributed by atoms with Crippen LogP contribution in [0.2, 0.25) is 12.1 Å². The first-order valence-electron chi connectivity index (χ1n) is 5.12. The van der Waals surface area contributed by atoms with Crippen LogP contribution in [0.5, 0.6) is 0 Å². The number of hydrogen-bond donors (Lipinski definition) is 1. The van der Waals surface area contributed by atoms with Crippen molar-refractivity contribution in [1.82, 2.24) is 0 Å². The van der Waals surface area contributed by atoms with Crippen LogP contribution in [0.1, 0.15) is 27.7 Å². The molecule has 13 heavy (non-hydrogen) atoms. The first kappa shape index (κ1) is 13.1. The second-order valence-electron chi connectivity index (χ2n) is 4.74. The Bertz CT molecular complexity index is 119. The minimum atomic E-state index is -1.81. The maximum absolute atomic E-state index is 9.41. The first-order valence-corrected chi connectivity index (χ1v) is 7.64. The summed E-state index contributed by atoms with van der Waals surface area (Å²) >= 11 is 0. The van der Waals surface area contributed by atoms with Crippen molar-refractivity contribution in [3.8, 4) is 0 Å². The third kappa shape index (κ3) is 4.79. The maximum Gasteiger partial charge on any atom is 0.217 e. The molecule has 0 fully saturated rings. The van der Waals surface area contributed by atoms with Crippen LogP contribution in [0.25, 0.3) is 0 Å². The minimum absolute atomic E-state index is 0.264. The van der Waals surface area contributed by atoms with Crippen molar-refractivity contribution in [3.63, 3.8) is 0 Å². The second-order valence-corrected chi connectivity index (χ2v) is 8.65. The molecular weight excluding hydrogens is 180 g/mol. The molecule has 0 spiro atoms. The predicted octanol–water partition coefficient (Wildman–Crippen LogP) is 2.42. The molecule has 0 unspecified atom stereocenters. The molecule has 80 valence electrons. The topological polar surface area (TPSA) is 29.5 Å². The van der Waals surface area contributed by atoms with E-state index in [0.29, 0.717) is 11.8 Å². The molecule has 0 aromatic carbocycles. The highest BCUT2D eigenvalue weighted by Gasteiger charge is 2.34. The van der Waals surface area contributed by atoms with Gasteiger partial charge in [0.25, 0.3) is 0 Å². The van der Waals surface area contributed by atoms with Crippen molar-refractivity contribution in [2.24, 2.45) is 11.8 Å². The standard InChI is InChI=1S/C10H24O2Si/c1-9(2)6-13(8-11,12-5)7-10(3)4/h9-11H,6-8H2,1-5H3. The van der Waals surface area contributed by atoms with E-state index in [1.54, 1.807) is 7.11 Å². The molecule has 0 radical (unpaired) electrons. The van der Waals surface area contributed by atoms with E-state index in [1.165, 1.54) is 0 Å². The van der Waals surface area contributed by atoms with Gasteiger partial charge in [0.15, 0.2) is 0 Å². The van der Waals surface area contributed by atoms with Gasteiger partial charge in [0.05, 0.1) is 6.23 Å². The second kappa shape index (κ2) is 5.78. The summed E-state index contributed by atoms with van der Waals surface area (Å²) in [6.45, 7) is 8.76. The average molecular weight is 204 g/mol. The maximum atomic E-state index is 9.41. The van der Waals surface area contributed by atoms with E-state index < -0.39 is 8.32 Å². The van der Waals surface area contributed by atoms with Gasteiger partial charge < -0.3 is 9.53 Å². The summed E-state index contributed by atoms with van der Waals surface area (Å²) in [5.74, 6) is 1.25. The summed E-state index contributed by atoms with van der Waals surface area (Å²) in [4.78, 5) is 0. The highest BCUT2D eigenvalue weighted by Crippen LogP contribution is 2.25. The predicted molar refractivity (Wildman–Crippen MR) is 59.1 cm³/mol. The molecule has 0 aliphatic carbocycles. The van der Waals surface area contributed by atoms with Crippen LogP contribution in [0, 0.1) is 11.8 Å². The summed E-state index contributed by atoms with van der Waals surface area (Å²) in [5, 5.41) is 9.41. The van der Waals surface area contributed by atoms with Crippen molar-refractivity contribution in [2.45, 2.75) is 39.8 Å². The van der Waals surface area contributed by atoms with E-state index in [2.05, 4.69) is 27.7 Å². The molecule has 0 aromatic heterocycles. The molecule has 0 bridgehead atoms. The SMILES string of the molecule is CO[Si](CO)(CC(C)C)CC(C)C. The van der Waals surface area contributed by atoms with E-state index in [0.717, 1.165) is 12.1 Å². The highest BCUT2D eigenvalue weighted by molar-refractivity contribution is 6.73. The Balaban J connectivity index is 4.30. The van der Waals surface area contributed by atoms with Crippen molar-refractivity contribution in [1.29, 1.82) is 0 Å². The summed E-state index contributed by atoms with van der Waals surface area (Å²) < 4.78 is 5.60. The van der Waals surface area contributed by atoms with Gasteiger partial charge in [-0.1, -0.05) is 27.7 Å². The van der Waals surface area contributed by atoms with Crippen LogP contribution in [0.3, 0.4) is 0 Å². The minimum Gasteiger partial charge on any atom is -0.418 e. The lowest BCUT2D eigenvalue weighted by molar-refractivity contribution is 0.288. The quantitative estimate of drug-likeness (QED) is 0.673. The van der Waals surface area contributed by atoms with Gasteiger partial charge in [-0.3, -0.25) is 0 Å². The molecule has 0 heterocycles. The molecule has 2 nitrogen and oxygen atoms in total.